The van der Waals surface area contributed by atoms with Crippen molar-refractivity contribution in [3.05, 3.63) is 24.0 Å². The summed E-state index contributed by atoms with van der Waals surface area (Å²) in [4.78, 5) is 4.09. The van der Waals surface area contributed by atoms with Gasteiger partial charge in [0.05, 0.1) is 0 Å². The van der Waals surface area contributed by atoms with Gasteiger partial charge in [-0.2, -0.15) is 11.8 Å². The van der Waals surface area contributed by atoms with E-state index in [1.54, 1.807) is 12.4 Å². The van der Waals surface area contributed by atoms with Crippen molar-refractivity contribution in [1.82, 2.24) is 10.4 Å². The van der Waals surface area contributed by atoms with E-state index < -0.39 is 0 Å². The van der Waals surface area contributed by atoms with Crippen molar-refractivity contribution in [2.75, 3.05) is 11.5 Å². The molecule has 0 amide bonds. The van der Waals surface area contributed by atoms with Crippen LogP contribution in [0.3, 0.4) is 0 Å². The van der Waals surface area contributed by atoms with Crippen LogP contribution in [0.1, 0.15) is 26.3 Å². The predicted octanol–water partition coefficient (Wildman–Crippen LogP) is 1.57. The molecule has 1 aromatic rings. The van der Waals surface area contributed by atoms with E-state index in [2.05, 4.69) is 31.2 Å². The third-order valence-electron chi connectivity index (χ3n) is 2.36. The van der Waals surface area contributed by atoms with Crippen LogP contribution in [0.15, 0.2) is 18.5 Å². The third-order valence-corrected chi connectivity index (χ3v) is 3.80. The van der Waals surface area contributed by atoms with E-state index in [-0.39, 0.29) is 10.8 Å². The summed E-state index contributed by atoms with van der Waals surface area (Å²) < 4.78 is 0.246. The van der Waals surface area contributed by atoms with Gasteiger partial charge in [0.1, 0.15) is 0 Å². The number of hydrogen-bond donors (Lipinski definition) is 3. The van der Waals surface area contributed by atoms with Gasteiger partial charge in [-0.05, 0) is 18.1 Å². The van der Waals surface area contributed by atoms with Crippen molar-refractivity contribution in [1.29, 1.82) is 0 Å². The van der Waals surface area contributed by atoms with Gasteiger partial charge in [0, 0.05) is 34.6 Å². The molecule has 0 saturated carbocycles. The molecular weight excluding hydrogens is 232 g/mol. The van der Waals surface area contributed by atoms with Crippen LogP contribution in [0.25, 0.3) is 0 Å². The Balaban J connectivity index is 2.56. The second-order valence-electron chi connectivity index (χ2n) is 5.07. The van der Waals surface area contributed by atoms with E-state index >= 15 is 0 Å². The Morgan fingerprint density at radius 1 is 1.47 bits per heavy atom. The first-order valence-electron chi connectivity index (χ1n) is 5.71. The Hall–Kier alpha value is -0.780. The van der Waals surface area contributed by atoms with Crippen molar-refractivity contribution in [3.63, 3.8) is 0 Å². The molecule has 0 bridgehead atoms. The number of pyridine rings is 1. The molecule has 96 valence electrons. The van der Waals surface area contributed by atoms with Crippen molar-refractivity contribution < 1.29 is 0 Å². The van der Waals surface area contributed by atoms with Gasteiger partial charge >= 0.3 is 0 Å². The van der Waals surface area contributed by atoms with Crippen molar-refractivity contribution in [2.45, 2.75) is 38.0 Å². The third kappa shape index (κ3) is 5.39. The fourth-order valence-electron chi connectivity index (χ4n) is 1.39. The molecule has 5 N–H and O–H groups in total. The van der Waals surface area contributed by atoms with Crippen LogP contribution < -0.4 is 17.0 Å². The number of nitrogens with two attached hydrogens (primary N) is 2. The quantitative estimate of drug-likeness (QED) is 0.549. The molecule has 0 spiro atoms. The van der Waals surface area contributed by atoms with E-state index in [1.165, 1.54) is 0 Å². The summed E-state index contributed by atoms with van der Waals surface area (Å²) in [6.45, 7) is 6.59. The van der Waals surface area contributed by atoms with Crippen LogP contribution in [-0.2, 0) is 6.42 Å². The lowest BCUT2D eigenvalue weighted by Crippen LogP contribution is -2.39. The molecule has 1 atom stereocenters. The zero-order valence-corrected chi connectivity index (χ0v) is 11.6. The fourth-order valence-corrected chi connectivity index (χ4v) is 2.31. The number of nitrogens with one attached hydrogen (secondary N) is 1. The lowest BCUT2D eigenvalue weighted by molar-refractivity contribution is 0.573. The molecule has 0 aliphatic carbocycles. The smallest absolute Gasteiger partial charge is 0.0378 e. The molecule has 0 aromatic carbocycles. The van der Waals surface area contributed by atoms with Crippen molar-refractivity contribution in [3.8, 4) is 0 Å². The summed E-state index contributed by atoms with van der Waals surface area (Å²) in [6.07, 6.45) is 4.31. The standard InChI is InChI=1S/C12H22N4S/c1-12(2,3)17-8-10(16-14)6-9-7-15-5-4-11(9)13/h4-5,7,10,16H,6,8,14H2,1-3H3,(H2,13,15). The molecule has 1 rings (SSSR count). The summed E-state index contributed by atoms with van der Waals surface area (Å²) in [5, 5.41) is 0. The van der Waals surface area contributed by atoms with Gasteiger partial charge in [-0.25, -0.2) is 0 Å². The van der Waals surface area contributed by atoms with E-state index in [1.807, 2.05) is 17.8 Å². The number of hydrogen-bond acceptors (Lipinski definition) is 5. The first-order valence-corrected chi connectivity index (χ1v) is 6.69. The number of thioether (sulfide) groups is 1. The SMILES string of the molecule is CC(C)(C)SCC(Cc1cnccc1N)NN. The monoisotopic (exact) mass is 254 g/mol. The van der Waals surface area contributed by atoms with Crippen LogP contribution in [-0.4, -0.2) is 21.5 Å². The number of nitrogens with zero attached hydrogens (tertiary/aromatic N) is 1. The second kappa shape index (κ2) is 6.23. The maximum Gasteiger partial charge on any atom is 0.0378 e. The Kier molecular flexibility index (Phi) is 5.24. The van der Waals surface area contributed by atoms with Crippen LogP contribution in [0.2, 0.25) is 0 Å². The number of aromatic nitrogens is 1. The second-order valence-corrected chi connectivity index (χ2v) is 6.91. The highest BCUT2D eigenvalue weighted by atomic mass is 32.2. The lowest BCUT2D eigenvalue weighted by Gasteiger charge is -2.22. The number of hydrazine groups is 1. The minimum Gasteiger partial charge on any atom is -0.398 e. The predicted molar refractivity (Wildman–Crippen MR) is 75.7 cm³/mol. The van der Waals surface area contributed by atoms with Gasteiger partial charge in [-0.15, -0.1) is 0 Å². The number of rotatable bonds is 5. The van der Waals surface area contributed by atoms with E-state index in [4.69, 9.17) is 11.6 Å². The summed E-state index contributed by atoms with van der Waals surface area (Å²) in [5.41, 5.74) is 10.6. The average Bonchev–Trinajstić information content (AvgIpc) is 2.25. The summed E-state index contributed by atoms with van der Waals surface area (Å²) in [6, 6.07) is 2.03. The Labute approximate surface area is 108 Å². The minimum atomic E-state index is 0.214. The molecule has 1 unspecified atom stereocenters. The first-order chi connectivity index (χ1) is 7.92. The number of anilines is 1. The molecule has 1 aromatic heterocycles. The normalized spacial score (nSPS) is 13.6. The zero-order chi connectivity index (χ0) is 12.9. The molecule has 17 heavy (non-hydrogen) atoms. The Bertz CT molecular complexity index is 349. The molecular formula is C12H22N4S. The van der Waals surface area contributed by atoms with Crippen molar-refractivity contribution in [2.24, 2.45) is 5.84 Å². The molecule has 0 radical (unpaired) electrons. The van der Waals surface area contributed by atoms with Crippen molar-refractivity contribution >= 4 is 17.4 Å². The zero-order valence-electron chi connectivity index (χ0n) is 10.7. The molecule has 0 fully saturated rings. The fraction of sp³-hybridized carbons (Fsp3) is 0.583. The molecule has 1 heterocycles. The van der Waals surface area contributed by atoms with E-state index in [0.717, 1.165) is 23.4 Å². The van der Waals surface area contributed by atoms with Crippen LogP contribution in [0, 0.1) is 0 Å². The molecule has 0 aliphatic rings. The Morgan fingerprint density at radius 3 is 2.71 bits per heavy atom. The highest BCUT2D eigenvalue weighted by Crippen LogP contribution is 2.24. The molecule has 0 aliphatic heterocycles. The van der Waals surface area contributed by atoms with Crippen LogP contribution in [0.4, 0.5) is 5.69 Å². The topological polar surface area (TPSA) is 77.0 Å². The molecule has 0 saturated heterocycles. The minimum absolute atomic E-state index is 0.214. The van der Waals surface area contributed by atoms with Gasteiger partial charge in [0.2, 0.25) is 0 Å². The number of nitrogen functional groups attached to an aromatic ring is 1. The summed E-state index contributed by atoms with van der Waals surface area (Å²) in [5.74, 6) is 6.53. The summed E-state index contributed by atoms with van der Waals surface area (Å²) in [7, 11) is 0. The van der Waals surface area contributed by atoms with Crippen LogP contribution >= 0.6 is 11.8 Å². The first kappa shape index (κ1) is 14.3. The largest absolute Gasteiger partial charge is 0.398 e. The lowest BCUT2D eigenvalue weighted by atomic mass is 10.1. The summed E-state index contributed by atoms with van der Waals surface area (Å²) >= 11 is 1.89. The van der Waals surface area contributed by atoms with E-state index in [0.29, 0.717) is 0 Å². The van der Waals surface area contributed by atoms with Gasteiger partial charge in [-0.3, -0.25) is 16.3 Å². The van der Waals surface area contributed by atoms with Gasteiger partial charge < -0.3 is 5.73 Å². The highest BCUT2D eigenvalue weighted by molar-refractivity contribution is 8.00. The Morgan fingerprint density at radius 2 is 2.18 bits per heavy atom. The maximum atomic E-state index is 5.89. The highest BCUT2D eigenvalue weighted by Gasteiger charge is 2.16. The van der Waals surface area contributed by atoms with Gasteiger partial charge in [-0.1, -0.05) is 20.8 Å². The molecule has 4 nitrogen and oxygen atoms in total. The van der Waals surface area contributed by atoms with Gasteiger partial charge in [0.15, 0.2) is 0 Å². The van der Waals surface area contributed by atoms with Crippen LogP contribution in [0.5, 0.6) is 0 Å². The molecule has 5 heteroatoms. The average molecular weight is 254 g/mol. The maximum absolute atomic E-state index is 5.89. The van der Waals surface area contributed by atoms with Gasteiger partial charge in [0.25, 0.3) is 0 Å². The van der Waals surface area contributed by atoms with E-state index in [9.17, 15) is 0 Å².